The minimum Gasteiger partial charge on any atom is -0.480 e. The molecule has 34 heavy (non-hydrogen) atoms. The number of nitrogens with two attached hydrogens (primary N) is 3. The quantitative estimate of drug-likeness (QED) is 0.0771. The molecule has 0 unspecified atom stereocenters. The Morgan fingerprint density at radius 2 is 1.38 bits per heavy atom. The molecule has 0 aliphatic carbocycles. The maximum absolute atomic E-state index is 12.8. The number of amides is 2. The molecule has 0 aromatic rings. The van der Waals surface area contributed by atoms with Crippen molar-refractivity contribution in [2.45, 2.75) is 115 Å². The number of hydrogen-bond donors (Lipinski definition) is 6. The van der Waals surface area contributed by atoms with Crippen molar-refractivity contribution < 1.29 is 19.5 Å². The number of nitrogens with zero attached hydrogens (tertiary/aromatic N) is 1. The van der Waals surface area contributed by atoms with Crippen molar-refractivity contribution in [3.8, 4) is 0 Å². The van der Waals surface area contributed by atoms with E-state index >= 15 is 0 Å². The van der Waals surface area contributed by atoms with Crippen LogP contribution in [0.1, 0.15) is 103 Å². The lowest BCUT2D eigenvalue weighted by molar-refractivity contribution is -0.142. The van der Waals surface area contributed by atoms with Gasteiger partial charge in [0.1, 0.15) is 12.1 Å². The number of hydrogen-bond acceptors (Lipinski definition) is 5. The van der Waals surface area contributed by atoms with Crippen LogP contribution in [0.5, 0.6) is 0 Å². The molecule has 0 radical (unpaired) electrons. The van der Waals surface area contributed by atoms with Crippen molar-refractivity contribution in [2.24, 2.45) is 22.2 Å². The summed E-state index contributed by atoms with van der Waals surface area (Å²) in [5.74, 6) is -1.86. The average Bonchev–Trinajstić information content (AvgIpc) is 2.79. The smallest absolute Gasteiger partial charge is 0.326 e. The summed E-state index contributed by atoms with van der Waals surface area (Å²) in [5.41, 5.74) is 16.1. The van der Waals surface area contributed by atoms with E-state index in [0.29, 0.717) is 45.2 Å². The third kappa shape index (κ3) is 18.1. The van der Waals surface area contributed by atoms with Crippen LogP contribution in [0.4, 0.5) is 0 Å². The van der Waals surface area contributed by atoms with E-state index in [2.05, 4.69) is 22.5 Å². The van der Waals surface area contributed by atoms with Gasteiger partial charge in [-0.25, -0.2) is 4.79 Å². The van der Waals surface area contributed by atoms with Gasteiger partial charge in [-0.2, -0.15) is 0 Å². The zero-order valence-corrected chi connectivity index (χ0v) is 21.0. The van der Waals surface area contributed by atoms with Crippen molar-refractivity contribution in [2.75, 3.05) is 13.1 Å². The maximum Gasteiger partial charge on any atom is 0.326 e. The molecule has 10 heteroatoms. The van der Waals surface area contributed by atoms with Crippen LogP contribution >= 0.6 is 0 Å². The van der Waals surface area contributed by atoms with Crippen LogP contribution in [-0.4, -0.2) is 54.0 Å². The van der Waals surface area contributed by atoms with Crippen molar-refractivity contribution >= 4 is 23.7 Å². The van der Waals surface area contributed by atoms with Gasteiger partial charge in [-0.05, 0) is 45.1 Å². The Kier molecular flexibility index (Phi) is 19.7. The first kappa shape index (κ1) is 31.6. The third-order valence-electron chi connectivity index (χ3n) is 5.67. The summed E-state index contributed by atoms with van der Waals surface area (Å²) in [6.45, 7) is 2.98. The van der Waals surface area contributed by atoms with Crippen molar-refractivity contribution in [1.82, 2.24) is 10.6 Å². The van der Waals surface area contributed by atoms with E-state index in [1.54, 1.807) is 0 Å². The Labute approximate surface area is 204 Å². The lowest BCUT2D eigenvalue weighted by atomic mass is 10.1. The normalized spacial score (nSPS) is 12.5. The molecule has 0 rings (SSSR count). The Morgan fingerprint density at radius 3 is 1.94 bits per heavy atom. The number of nitrogens with one attached hydrogen (secondary N) is 2. The van der Waals surface area contributed by atoms with Gasteiger partial charge >= 0.3 is 5.97 Å². The van der Waals surface area contributed by atoms with Gasteiger partial charge in [-0.3, -0.25) is 14.6 Å². The van der Waals surface area contributed by atoms with Crippen LogP contribution in [0.2, 0.25) is 0 Å². The topological polar surface area (TPSA) is 186 Å². The molecule has 0 aliphatic rings. The van der Waals surface area contributed by atoms with Crippen molar-refractivity contribution in [3.63, 3.8) is 0 Å². The molecule has 0 spiro atoms. The predicted octanol–water partition coefficient (Wildman–Crippen LogP) is 2.14. The molecule has 198 valence electrons. The summed E-state index contributed by atoms with van der Waals surface area (Å²) in [6.07, 6.45) is 13.0. The summed E-state index contributed by atoms with van der Waals surface area (Å²) >= 11 is 0. The number of unbranched alkanes of at least 4 members (excludes halogenated alkanes) is 9. The highest BCUT2D eigenvalue weighted by Gasteiger charge is 2.26. The van der Waals surface area contributed by atoms with E-state index in [4.69, 9.17) is 17.2 Å². The summed E-state index contributed by atoms with van der Waals surface area (Å²) in [7, 11) is 0. The predicted molar refractivity (Wildman–Crippen MR) is 136 cm³/mol. The molecule has 10 nitrogen and oxygen atoms in total. The molecule has 0 bridgehead atoms. The van der Waals surface area contributed by atoms with Crippen LogP contribution in [-0.2, 0) is 14.4 Å². The van der Waals surface area contributed by atoms with E-state index in [9.17, 15) is 19.5 Å². The molecule has 0 aromatic heterocycles. The first-order valence-electron chi connectivity index (χ1n) is 12.9. The van der Waals surface area contributed by atoms with E-state index in [-0.39, 0.29) is 18.3 Å². The standard InChI is InChI=1S/C24H48N6O4/c1-2-3-4-5-6-7-8-9-10-16-21(31)29-19(15-13-18-28-24(26)27)22(32)30-20(23(33)34)14-11-12-17-25/h19-20H,2-18,25H2,1H3,(H,29,31)(H,30,32)(H,33,34)(H4,26,27,28)/t19-,20-/m0/s1. The molecule has 0 fully saturated rings. The van der Waals surface area contributed by atoms with Crippen LogP contribution in [0.3, 0.4) is 0 Å². The van der Waals surface area contributed by atoms with E-state index in [0.717, 1.165) is 19.3 Å². The number of aliphatic imine (C=N–C) groups is 1. The Bertz CT molecular complexity index is 596. The van der Waals surface area contributed by atoms with Gasteiger partial charge in [0.25, 0.3) is 0 Å². The fourth-order valence-corrected chi connectivity index (χ4v) is 3.66. The first-order chi connectivity index (χ1) is 16.3. The number of carboxylic acid groups (broad SMARTS) is 1. The second-order valence-electron chi connectivity index (χ2n) is 8.83. The molecule has 0 aromatic carbocycles. The van der Waals surface area contributed by atoms with Crippen molar-refractivity contribution in [3.05, 3.63) is 0 Å². The molecule has 0 heterocycles. The van der Waals surface area contributed by atoms with Crippen molar-refractivity contribution in [1.29, 1.82) is 0 Å². The lowest BCUT2D eigenvalue weighted by Gasteiger charge is -2.21. The zero-order chi connectivity index (χ0) is 25.6. The number of guanidine groups is 1. The van der Waals surface area contributed by atoms with Gasteiger partial charge in [0.05, 0.1) is 0 Å². The summed E-state index contributed by atoms with van der Waals surface area (Å²) < 4.78 is 0. The van der Waals surface area contributed by atoms with Gasteiger partial charge in [-0.1, -0.05) is 58.3 Å². The monoisotopic (exact) mass is 484 g/mol. The van der Waals surface area contributed by atoms with Gasteiger partial charge in [-0.15, -0.1) is 0 Å². The Balaban J connectivity index is 4.60. The second-order valence-corrected chi connectivity index (χ2v) is 8.83. The highest BCUT2D eigenvalue weighted by atomic mass is 16.4. The van der Waals surface area contributed by atoms with Crippen LogP contribution < -0.4 is 27.8 Å². The zero-order valence-electron chi connectivity index (χ0n) is 21.0. The lowest BCUT2D eigenvalue weighted by Crippen LogP contribution is -2.51. The van der Waals surface area contributed by atoms with Crippen LogP contribution in [0.25, 0.3) is 0 Å². The molecule has 0 aliphatic heterocycles. The molecule has 0 saturated carbocycles. The largest absolute Gasteiger partial charge is 0.480 e. The minimum absolute atomic E-state index is 0.0405. The Hall–Kier alpha value is -2.36. The molecular formula is C24H48N6O4. The summed E-state index contributed by atoms with van der Waals surface area (Å²) in [5, 5.41) is 14.8. The second kappa shape index (κ2) is 21.2. The minimum atomic E-state index is -1.11. The highest BCUT2D eigenvalue weighted by Crippen LogP contribution is 2.11. The summed E-state index contributed by atoms with van der Waals surface area (Å²) in [4.78, 5) is 40.7. The van der Waals surface area contributed by atoms with E-state index in [1.807, 2.05) is 0 Å². The SMILES string of the molecule is CCCCCCCCCCCC(=O)N[C@@H](CCCN=C(N)N)C(=O)N[C@@H](CCCCN)C(=O)O. The van der Waals surface area contributed by atoms with Gasteiger partial charge in [0.2, 0.25) is 11.8 Å². The molecule has 0 saturated heterocycles. The number of carboxylic acids is 1. The van der Waals surface area contributed by atoms with Crippen LogP contribution in [0, 0.1) is 0 Å². The number of rotatable bonds is 22. The number of carbonyl (C=O) groups excluding carboxylic acids is 2. The van der Waals surface area contributed by atoms with E-state index < -0.39 is 24.0 Å². The number of carbonyl (C=O) groups is 3. The van der Waals surface area contributed by atoms with Gasteiger partial charge < -0.3 is 32.9 Å². The number of aliphatic carboxylic acids is 1. The van der Waals surface area contributed by atoms with Gasteiger partial charge in [0, 0.05) is 13.0 Å². The summed E-state index contributed by atoms with van der Waals surface area (Å²) in [6, 6.07) is -1.86. The maximum atomic E-state index is 12.8. The third-order valence-corrected chi connectivity index (χ3v) is 5.67. The highest BCUT2D eigenvalue weighted by molar-refractivity contribution is 5.90. The van der Waals surface area contributed by atoms with Crippen LogP contribution in [0.15, 0.2) is 4.99 Å². The molecule has 9 N–H and O–H groups in total. The molecule has 2 atom stereocenters. The molecule has 2 amide bonds. The fourth-order valence-electron chi connectivity index (χ4n) is 3.66. The molecular weight excluding hydrogens is 436 g/mol. The average molecular weight is 485 g/mol. The van der Waals surface area contributed by atoms with Gasteiger partial charge in [0.15, 0.2) is 5.96 Å². The first-order valence-corrected chi connectivity index (χ1v) is 12.9. The fraction of sp³-hybridized carbons (Fsp3) is 0.833. The Morgan fingerprint density at radius 1 is 0.794 bits per heavy atom. The van der Waals surface area contributed by atoms with E-state index in [1.165, 1.54) is 38.5 Å².